The molecule has 4 rings (SSSR count). The third-order valence-corrected chi connectivity index (χ3v) is 4.41. The van der Waals surface area contributed by atoms with Gasteiger partial charge >= 0.3 is 0 Å². The Balaban J connectivity index is 1.59. The average Bonchev–Trinajstić information content (AvgIpc) is 2.87. The second-order valence-corrected chi connectivity index (χ2v) is 6.08. The van der Waals surface area contributed by atoms with E-state index in [0.717, 1.165) is 17.2 Å². The summed E-state index contributed by atoms with van der Waals surface area (Å²) in [6.45, 7) is 1.40. The van der Waals surface area contributed by atoms with Crippen LogP contribution in [-0.2, 0) is 6.54 Å². The minimum Gasteiger partial charge on any atom is -0.352 e. The molecule has 4 nitrogen and oxygen atoms in total. The van der Waals surface area contributed by atoms with E-state index in [9.17, 15) is 0 Å². The predicted molar refractivity (Wildman–Crippen MR) is 102 cm³/mol. The number of fused-ring (bicyclic) bond motifs is 1. The Bertz CT molecular complexity index is 859. The Morgan fingerprint density at radius 2 is 1.80 bits per heavy atom. The molecular weight excluding hydrogens is 308 g/mol. The first-order valence-corrected chi connectivity index (χ1v) is 8.48. The summed E-state index contributed by atoms with van der Waals surface area (Å²) in [7, 11) is 0. The number of nitrogens with one attached hydrogen (secondary N) is 2. The van der Waals surface area contributed by atoms with E-state index in [2.05, 4.69) is 76.3 Å². The number of benzene rings is 2. The van der Waals surface area contributed by atoms with Crippen LogP contribution in [0.3, 0.4) is 0 Å². The number of hydrogen-bond acceptors (Lipinski definition) is 4. The largest absolute Gasteiger partial charge is 0.352 e. The maximum absolute atomic E-state index is 4.78. The zero-order valence-electron chi connectivity index (χ0n) is 13.9. The molecule has 2 N–H and O–H groups in total. The summed E-state index contributed by atoms with van der Waals surface area (Å²) in [6, 6.07) is 23.0. The van der Waals surface area contributed by atoms with E-state index < -0.39 is 0 Å². The average molecular weight is 328 g/mol. The van der Waals surface area contributed by atoms with Crippen molar-refractivity contribution >= 4 is 11.6 Å². The number of aliphatic imine (C=N–C) groups is 1. The number of para-hydroxylation sites is 1. The van der Waals surface area contributed by atoms with Gasteiger partial charge < -0.3 is 10.6 Å². The number of nitrogens with zero attached hydrogens (tertiary/aromatic N) is 2. The second kappa shape index (κ2) is 7.18. The molecule has 1 aliphatic heterocycles. The molecule has 1 aliphatic rings. The molecule has 0 fully saturated rings. The molecule has 0 amide bonds. The maximum Gasteiger partial charge on any atom is 0.196 e. The fraction of sp³-hybridized carbons (Fsp3) is 0.143. The van der Waals surface area contributed by atoms with E-state index in [1.165, 1.54) is 11.1 Å². The molecule has 124 valence electrons. The molecule has 25 heavy (non-hydrogen) atoms. The van der Waals surface area contributed by atoms with Crippen LogP contribution in [0.25, 0.3) is 0 Å². The van der Waals surface area contributed by atoms with E-state index >= 15 is 0 Å². The molecule has 2 aromatic carbocycles. The van der Waals surface area contributed by atoms with Gasteiger partial charge in [-0.25, -0.2) is 0 Å². The Morgan fingerprint density at radius 3 is 2.64 bits per heavy atom. The molecule has 1 atom stereocenters. The monoisotopic (exact) mass is 328 g/mol. The number of rotatable bonds is 3. The van der Waals surface area contributed by atoms with Crippen molar-refractivity contribution in [3.63, 3.8) is 0 Å². The van der Waals surface area contributed by atoms with Gasteiger partial charge in [-0.05, 0) is 28.8 Å². The van der Waals surface area contributed by atoms with Crippen molar-refractivity contribution in [3.8, 4) is 0 Å². The van der Waals surface area contributed by atoms with Crippen LogP contribution in [0.1, 0.15) is 22.6 Å². The molecule has 2 heterocycles. The summed E-state index contributed by atoms with van der Waals surface area (Å²) in [5.74, 6) is 1.05. The minimum absolute atomic E-state index is 0.252. The van der Waals surface area contributed by atoms with Crippen LogP contribution >= 0.6 is 0 Å². The van der Waals surface area contributed by atoms with Crippen LogP contribution in [0, 0.1) is 0 Å². The molecule has 0 aliphatic carbocycles. The van der Waals surface area contributed by atoms with Gasteiger partial charge in [-0.15, -0.1) is 0 Å². The van der Waals surface area contributed by atoms with Crippen LogP contribution in [-0.4, -0.2) is 17.5 Å². The lowest BCUT2D eigenvalue weighted by atomic mass is 9.90. The van der Waals surface area contributed by atoms with E-state index in [-0.39, 0.29) is 5.92 Å². The number of aromatic nitrogens is 1. The highest BCUT2D eigenvalue weighted by atomic mass is 15.2. The summed E-state index contributed by atoms with van der Waals surface area (Å²) >= 11 is 0. The Hall–Kier alpha value is -3.14. The summed E-state index contributed by atoms with van der Waals surface area (Å²) < 4.78 is 0. The smallest absolute Gasteiger partial charge is 0.196 e. The van der Waals surface area contributed by atoms with Crippen LogP contribution in [0.4, 0.5) is 5.69 Å². The summed E-state index contributed by atoms with van der Waals surface area (Å²) in [5, 5.41) is 6.84. The fourth-order valence-corrected chi connectivity index (χ4v) is 3.12. The summed E-state index contributed by atoms with van der Waals surface area (Å²) in [5.41, 5.74) is 4.79. The fourth-order valence-electron chi connectivity index (χ4n) is 3.12. The van der Waals surface area contributed by atoms with Gasteiger partial charge in [0, 0.05) is 30.5 Å². The standard InChI is InChI=1S/C21H20N4/c1-2-8-17(9-3-1)19-15-24-21(23-14-16-7-6-12-22-13-16)25-20-11-5-4-10-18(19)20/h1-13,19H,14-15H2,(H2,23,24,25). The second-order valence-electron chi connectivity index (χ2n) is 6.08. The van der Waals surface area contributed by atoms with Gasteiger partial charge in [-0.2, -0.15) is 0 Å². The number of anilines is 1. The zero-order chi connectivity index (χ0) is 16.9. The molecule has 0 radical (unpaired) electrons. The van der Waals surface area contributed by atoms with Crippen molar-refractivity contribution in [1.29, 1.82) is 0 Å². The molecular formula is C21H20N4. The van der Waals surface area contributed by atoms with Crippen molar-refractivity contribution in [2.24, 2.45) is 4.99 Å². The van der Waals surface area contributed by atoms with E-state index in [0.29, 0.717) is 13.1 Å². The molecule has 0 spiro atoms. The van der Waals surface area contributed by atoms with Crippen LogP contribution in [0.5, 0.6) is 0 Å². The third kappa shape index (κ3) is 3.53. The van der Waals surface area contributed by atoms with Crippen LogP contribution in [0.2, 0.25) is 0 Å². The third-order valence-electron chi connectivity index (χ3n) is 4.41. The van der Waals surface area contributed by atoms with E-state index in [4.69, 9.17) is 4.99 Å². The molecule has 4 heteroatoms. The van der Waals surface area contributed by atoms with Crippen LogP contribution < -0.4 is 10.6 Å². The summed E-state index contributed by atoms with van der Waals surface area (Å²) in [4.78, 5) is 8.94. The van der Waals surface area contributed by atoms with Crippen molar-refractivity contribution < 1.29 is 0 Å². The molecule has 1 aromatic heterocycles. The Labute approximate surface area is 147 Å². The maximum atomic E-state index is 4.78. The van der Waals surface area contributed by atoms with Gasteiger partial charge in [0.2, 0.25) is 0 Å². The lowest BCUT2D eigenvalue weighted by Crippen LogP contribution is -2.30. The number of pyridine rings is 1. The topological polar surface area (TPSA) is 49.3 Å². The number of hydrogen-bond donors (Lipinski definition) is 2. The predicted octanol–water partition coefficient (Wildman–Crippen LogP) is 3.78. The Morgan fingerprint density at radius 1 is 0.960 bits per heavy atom. The van der Waals surface area contributed by atoms with Gasteiger partial charge in [0.15, 0.2) is 5.96 Å². The lowest BCUT2D eigenvalue weighted by molar-refractivity contribution is 0.817. The van der Waals surface area contributed by atoms with Gasteiger partial charge in [0.25, 0.3) is 0 Å². The quantitative estimate of drug-likeness (QED) is 0.769. The van der Waals surface area contributed by atoms with Crippen molar-refractivity contribution in [3.05, 3.63) is 95.8 Å². The van der Waals surface area contributed by atoms with Gasteiger partial charge in [0.05, 0.1) is 6.54 Å². The SMILES string of the molecule is c1ccc(C2CN=C(NCc3cccnc3)Nc3ccccc32)cc1. The van der Waals surface area contributed by atoms with Crippen molar-refractivity contribution in [2.45, 2.75) is 12.5 Å². The Kier molecular flexibility index (Phi) is 4.42. The first-order valence-electron chi connectivity index (χ1n) is 8.48. The number of guanidine groups is 1. The van der Waals surface area contributed by atoms with Crippen molar-refractivity contribution in [1.82, 2.24) is 10.3 Å². The molecule has 0 bridgehead atoms. The van der Waals surface area contributed by atoms with Gasteiger partial charge in [0.1, 0.15) is 0 Å². The van der Waals surface area contributed by atoms with Gasteiger partial charge in [-0.1, -0.05) is 54.6 Å². The molecule has 3 aromatic rings. The van der Waals surface area contributed by atoms with E-state index in [1.807, 2.05) is 12.3 Å². The lowest BCUT2D eigenvalue weighted by Gasteiger charge is -2.17. The normalized spacial score (nSPS) is 16.2. The highest BCUT2D eigenvalue weighted by Gasteiger charge is 2.20. The van der Waals surface area contributed by atoms with Crippen molar-refractivity contribution in [2.75, 3.05) is 11.9 Å². The minimum atomic E-state index is 0.252. The molecule has 0 saturated heterocycles. The zero-order valence-corrected chi connectivity index (χ0v) is 13.9. The highest BCUT2D eigenvalue weighted by Crippen LogP contribution is 2.32. The first-order chi connectivity index (χ1) is 12.4. The first kappa shape index (κ1) is 15.4. The van der Waals surface area contributed by atoms with E-state index in [1.54, 1.807) is 6.20 Å². The molecule has 1 unspecified atom stereocenters. The van der Waals surface area contributed by atoms with Gasteiger partial charge in [-0.3, -0.25) is 9.98 Å². The van der Waals surface area contributed by atoms with Crippen LogP contribution in [0.15, 0.2) is 84.1 Å². The molecule has 0 saturated carbocycles. The highest BCUT2D eigenvalue weighted by molar-refractivity contribution is 5.95. The summed E-state index contributed by atoms with van der Waals surface area (Å²) in [6.07, 6.45) is 3.65.